The van der Waals surface area contributed by atoms with Crippen molar-refractivity contribution in [2.75, 3.05) is 10.6 Å². The summed E-state index contributed by atoms with van der Waals surface area (Å²) < 4.78 is 5.53. The van der Waals surface area contributed by atoms with Crippen molar-refractivity contribution in [2.45, 2.75) is 45.1 Å². The lowest BCUT2D eigenvalue weighted by Gasteiger charge is -2.23. The first-order chi connectivity index (χ1) is 12.1. The largest absolute Gasteiger partial charge is 0.479 e. The van der Waals surface area contributed by atoms with Gasteiger partial charge in [-0.05, 0) is 62.4 Å². The van der Waals surface area contributed by atoms with Crippen LogP contribution in [0.5, 0.6) is 5.75 Å². The van der Waals surface area contributed by atoms with Crippen LogP contribution in [0.4, 0.5) is 11.4 Å². The number of anilines is 2. The van der Waals surface area contributed by atoms with Gasteiger partial charge in [0, 0.05) is 10.6 Å². The van der Waals surface area contributed by atoms with Gasteiger partial charge in [-0.2, -0.15) is 0 Å². The molecule has 1 aromatic carbocycles. The molecule has 0 spiro atoms. The molecule has 0 radical (unpaired) electrons. The van der Waals surface area contributed by atoms with Crippen LogP contribution in [0.2, 0.25) is 0 Å². The van der Waals surface area contributed by atoms with Crippen molar-refractivity contribution in [1.29, 1.82) is 0 Å². The highest BCUT2D eigenvalue weighted by atomic mass is 32.1. The number of carbonyl (C=O) groups is 2. The molecule has 2 N–H and O–H groups in total. The van der Waals surface area contributed by atoms with Crippen molar-refractivity contribution in [1.82, 2.24) is 0 Å². The molecule has 130 valence electrons. The Hall–Kier alpha value is -2.34. The van der Waals surface area contributed by atoms with Crippen LogP contribution in [0.3, 0.4) is 0 Å². The van der Waals surface area contributed by atoms with Gasteiger partial charge in [-0.25, -0.2) is 0 Å². The number of hydrogen-bond acceptors (Lipinski definition) is 4. The van der Waals surface area contributed by atoms with Crippen LogP contribution in [-0.4, -0.2) is 17.9 Å². The maximum absolute atomic E-state index is 12.6. The number of carbonyl (C=O) groups excluding carboxylic acids is 2. The van der Waals surface area contributed by atoms with Crippen LogP contribution >= 0.6 is 11.3 Å². The zero-order chi connectivity index (χ0) is 17.4. The second-order valence-corrected chi connectivity index (χ2v) is 7.67. The molecule has 1 atom stereocenters. The van der Waals surface area contributed by atoms with E-state index in [0.717, 1.165) is 17.7 Å². The van der Waals surface area contributed by atoms with Crippen molar-refractivity contribution in [3.8, 4) is 5.75 Å². The summed E-state index contributed by atoms with van der Waals surface area (Å²) in [5.74, 6) is 0.334. The summed E-state index contributed by atoms with van der Waals surface area (Å²) in [5.41, 5.74) is 2.56. The lowest BCUT2D eigenvalue weighted by molar-refractivity contribution is -0.122. The summed E-state index contributed by atoms with van der Waals surface area (Å²) in [6, 6.07) is 7.32. The second kappa shape index (κ2) is 6.52. The molecule has 1 aliphatic carbocycles. The molecule has 2 heterocycles. The number of aryl methyl sites for hydroxylation is 2. The molecular weight excluding hydrogens is 336 g/mol. The number of amides is 2. The Morgan fingerprint density at radius 1 is 1.24 bits per heavy atom. The number of thiophene rings is 1. The van der Waals surface area contributed by atoms with Crippen LogP contribution in [-0.2, 0) is 17.6 Å². The van der Waals surface area contributed by atoms with Gasteiger partial charge in [0.25, 0.3) is 11.8 Å². The minimum absolute atomic E-state index is 0.102. The van der Waals surface area contributed by atoms with Crippen molar-refractivity contribution < 1.29 is 14.3 Å². The van der Waals surface area contributed by atoms with Gasteiger partial charge in [-0.1, -0.05) is 6.42 Å². The average molecular weight is 356 g/mol. The van der Waals surface area contributed by atoms with Crippen molar-refractivity contribution >= 4 is 34.5 Å². The molecule has 6 heteroatoms. The molecule has 4 rings (SSSR count). The molecule has 1 unspecified atom stereocenters. The highest BCUT2D eigenvalue weighted by Gasteiger charge is 2.24. The first kappa shape index (κ1) is 16.1. The molecule has 0 fully saturated rings. The first-order valence-corrected chi connectivity index (χ1v) is 9.46. The summed E-state index contributed by atoms with van der Waals surface area (Å²) >= 11 is 1.60. The zero-order valence-electron chi connectivity index (χ0n) is 14.1. The van der Waals surface area contributed by atoms with E-state index in [9.17, 15) is 9.59 Å². The van der Waals surface area contributed by atoms with Gasteiger partial charge in [-0.15, -0.1) is 11.3 Å². The molecular formula is C19H20N2O3S. The number of ether oxygens (including phenoxy) is 1. The van der Waals surface area contributed by atoms with E-state index in [1.54, 1.807) is 36.5 Å². The number of nitrogens with one attached hydrogen (secondary N) is 2. The Kier molecular flexibility index (Phi) is 4.21. The maximum atomic E-state index is 12.6. The number of fused-ring (bicyclic) bond motifs is 2. The lowest BCUT2D eigenvalue weighted by atomic mass is 10.1. The van der Waals surface area contributed by atoms with Crippen LogP contribution in [0, 0.1) is 0 Å². The van der Waals surface area contributed by atoms with E-state index in [4.69, 9.17) is 4.74 Å². The molecule has 0 bridgehead atoms. The third-order valence-corrected chi connectivity index (χ3v) is 5.87. The summed E-state index contributed by atoms with van der Waals surface area (Å²) in [6.07, 6.45) is 5.32. The minimum atomic E-state index is -0.505. The zero-order valence-corrected chi connectivity index (χ0v) is 14.9. The van der Waals surface area contributed by atoms with E-state index in [1.807, 2.05) is 6.07 Å². The molecule has 0 saturated heterocycles. The highest BCUT2D eigenvalue weighted by Crippen LogP contribution is 2.33. The van der Waals surface area contributed by atoms with E-state index in [-0.39, 0.29) is 11.8 Å². The van der Waals surface area contributed by atoms with Gasteiger partial charge >= 0.3 is 0 Å². The fourth-order valence-electron chi connectivity index (χ4n) is 3.26. The Labute approximate surface area is 150 Å². The maximum Gasteiger partial charge on any atom is 0.265 e. The van der Waals surface area contributed by atoms with Crippen LogP contribution in [0.1, 0.15) is 46.3 Å². The summed E-state index contributed by atoms with van der Waals surface area (Å²) in [4.78, 5) is 26.4. The Morgan fingerprint density at radius 2 is 2.08 bits per heavy atom. The number of rotatable bonds is 2. The molecule has 0 saturated carbocycles. The fourth-order valence-corrected chi connectivity index (χ4v) is 4.41. The average Bonchev–Trinajstić information content (AvgIpc) is 2.87. The van der Waals surface area contributed by atoms with Crippen molar-refractivity contribution in [3.63, 3.8) is 0 Å². The Bertz CT molecular complexity index is 820. The molecule has 1 aromatic heterocycles. The van der Waals surface area contributed by atoms with E-state index in [0.29, 0.717) is 17.1 Å². The van der Waals surface area contributed by atoms with Crippen molar-refractivity contribution in [3.05, 3.63) is 39.6 Å². The summed E-state index contributed by atoms with van der Waals surface area (Å²) in [5, 5.41) is 5.72. The molecule has 2 aliphatic rings. The van der Waals surface area contributed by atoms with Crippen LogP contribution in [0.15, 0.2) is 24.3 Å². The minimum Gasteiger partial charge on any atom is -0.479 e. The topological polar surface area (TPSA) is 67.4 Å². The van der Waals surface area contributed by atoms with Crippen molar-refractivity contribution in [2.24, 2.45) is 0 Å². The Morgan fingerprint density at radius 3 is 2.96 bits per heavy atom. The first-order valence-electron chi connectivity index (χ1n) is 8.64. The second-order valence-electron chi connectivity index (χ2n) is 6.53. The van der Waals surface area contributed by atoms with E-state index in [2.05, 4.69) is 10.6 Å². The summed E-state index contributed by atoms with van der Waals surface area (Å²) in [7, 11) is 0. The molecule has 25 heavy (non-hydrogen) atoms. The monoisotopic (exact) mass is 356 g/mol. The van der Waals surface area contributed by atoms with Crippen LogP contribution in [0.25, 0.3) is 0 Å². The quantitative estimate of drug-likeness (QED) is 0.800. The molecule has 2 amide bonds. The normalized spacial score (nSPS) is 19.1. The third kappa shape index (κ3) is 3.26. The van der Waals surface area contributed by atoms with E-state index >= 15 is 0 Å². The van der Waals surface area contributed by atoms with Gasteiger partial charge < -0.3 is 15.4 Å². The predicted octanol–water partition coefficient (Wildman–Crippen LogP) is 3.99. The Balaban J connectivity index is 1.52. The van der Waals surface area contributed by atoms with Gasteiger partial charge in [-0.3, -0.25) is 9.59 Å². The smallest absolute Gasteiger partial charge is 0.265 e. The SMILES string of the molecule is CC1Oc2ccc(NC(=O)c3cc4c(s3)CCCCC4)cc2NC1=O. The van der Waals surface area contributed by atoms with E-state index < -0.39 is 6.10 Å². The number of hydrogen-bond donors (Lipinski definition) is 2. The fraction of sp³-hybridized carbons (Fsp3) is 0.368. The van der Waals surface area contributed by atoms with Gasteiger partial charge in [0.05, 0.1) is 10.6 Å². The van der Waals surface area contributed by atoms with Gasteiger partial charge in [0.1, 0.15) is 5.75 Å². The van der Waals surface area contributed by atoms with E-state index in [1.165, 1.54) is 29.7 Å². The lowest BCUT2D eigenvalue weighted by Crippen LogP contribution is -2.34. The molecule has 1 aliphatic heterocycles. The highest BCUT2D eigenvalue weighted by molar-refractivity contribution is 7.14. The predicted molar refractivity (Wildman–Crippen MR) is 98.7 cm³/mol. The molecule has 2 aromatic rings. The summed E-state index contributed by atoms with van der Waals surface area (Å²) in [6.45, 7) is 1.70. The van der Waals surface area contributed by atoms with Gasteiger partial charge in [0.2, 0.25) is 0 Å². The third-order valence-electron chi connectivity index (χ3n) is 4.64. The number of benzene rings is 1. The van der Waals surface area contributed by atoms with Gasteiger partial charge in [0.15, 0.2) is 6.10 Å². The molecule has 5 nitrogen and oxygen atoms in total. The standard InChI is InChI=1S/C19H20N2O3S/c1-11-18(22)21-14-10-13(7-8-15(14)24-11)20-19(23)17-9-12-5-3-2-4-6-16(12)25-17/h7-11H,2-6H2,1H3,(H,20,23)(H,21,22). The van der Waals surface area contributed by atoms with Crippen LogP contribution < -0.4 is 15.4 Å².